The molecule has 3 nitrogen and oxygen atoms in total. The Bertz CT molecular complexity index is 405. The second kappa shape index (κ2) is 6.62. The van der Waals surface area contributed by atoms with Crippen LogP contribution in [0.25, 0.3) is 0 Å². The maximum absolute atomic E-state index is 10.8. The van der Waals surface area contributed by atoms with Crippen LogP contribution in [0.15, 0.2) is 12.1 Å². The Hall–Kier alpha value is -1.06. The molecule has 0 unspecified atom stereocenters. The number of ketones is 1. The number of ether oxygens (including phenoxy) is 1. The highest BCUT2D eigenvalue weighted by Gasteiger charge is 2.07. The Labute approximate surface area is 107 Å². The van der Waals surface area contributed by atoms with Crippen molar-refractivity contribution in [3.8, 4) is 5.75 Å². The number of benzene rings is 1. The molecule has 0 spiro atoms. The summed E-state index contributed by atoms with van der Waals surface area (Å²) >= 11 is 6.00. The second-order valence-electron chi connectivity index (χ2n) is 4.04. The van der Waals surface area contributed by atoms with Crippen molar-refractivity contribution in [2.24, 2.45) is 0 Å². The van der Waals surface area contributed by atoms with Crippen LogP contribution in [0, 0.1) is 6.92 Å². The van der Waals surface area contributed by atoms with Crippen molar-refractivity contribution in [3.05, 3.63) is 28.3 Å². The lowest BCUT2D eigenvalue weighted by atomic mass is 10.1. The molecule has 0 saturated carbocycles. The highest BCUT2D eigenvalue weighted by atomic mass is 35.5. The van der Waals surface area contributed by atoms with Crippen molar-refractivity contribution >= 4 is 17.4 Å². The molecule has 0 heterocycles. The molecular formula is C13H18ClNO2. The van der Waals surface area contributed by atoms with Crippen molar-refractivity contribution in [3.63, 3.8) is 0 Å². The summed E-state index contributed by atoms with van der Waals surface area (Å²) in [6.45, 7) is 4.87. The first-order valence-corrected chi connectivity index (χ1v) is 5.95. The molecule has 0 aliphatic rings. The van der Waals surface area contributed by atoms with E-state index in [1.165, 1.54) is 0 Å². The number of carbonyl (C=O) groups is 1. The zero-order valence-electron chi connectivity index (χ0n) is 10.5. The molecule has 0 aromatic heterocycles. The van der Waals surface area contributed by atoms with Gasteiger partial charge in [0.05, 0.1) is 7.11 Å². The fraction of sp³-hybridized carbons (Fsp3) is 0.462. The number of methoxy groups -OCH3 is 1. The summed E-state index contributed by atoms with van der Waals surface area (Å²) in [5.41, 5.74) is 2.03. The molecule has 0 amide bonds. The Balaban J connectivity index is 2.66. The average Bonchev–Trinajstić information content (AvgIpc) is 2.23. The lowest BCUT2D eigenvalue weighted by molar-refractivity contribution is -0.116. The summed E-state index contributed by atoms with van der Waals surface area (Å²) in [6, 6.07) is 3.76. The molecule has 0 fully saturated rings. The smallest absolute Gasteiger partial charge is 0.131 e. The van der Waals surface area contributed by atoms with Crippen molar-refractivity contribution in [2.45, 2.75) is 26.8 Å². The van der Waals surface area contributed by atoms with Crippen LogP contribution in [0.4, 0.5) is 0 Å². The average molecular weight is 256 g/mol. The topological polar surface area (TPSA) is 38.3 Å². The molecule has 0 aliphatic carbocycles. The van der Waals surface area contributed by atoms with E-state index in [0.717, 1.165) is 16.9 Å². The van der Waals surface area contributed by atoms with Gasteiger partial charge >= 0.3 is 0 Å². The normalized spacial score (nSPS) is 10.4. The van der Waals surface area contributed by atoms with E-state index in [-0.39, 0.29) is 5.78 Å². The molecule has 0 aliphatic heterocycles. The van der Waals surface area contributed by atoms with Gasteiger partial charge in [0, 0.05) is 30.1 Å². The van der Waals surface area contributed by atoms with Crippen LogP contribution in [0.3, 0.4) is 0 Å². The lowest BCUT2D eigenvalue weighted by Crippen LogP contribution is -2.17. The monoisotopic (exact) mass is 255 g/mol. The molecule has 0 radical (unpaired) electrons. The molecule has 1 N–H and O–H groups in total. The van der Waals surface area contributed by atoms with Crippen LogP contribution in [0.1, 0.15) is 24.5 Å². The Kier molecular flexibility index (Phi) is 5.45. The van der Waals surface area contributed by atoms with Gasteiger partial charge in [0.25, 0.3) is 0 Å². The summed E-state index contributed by atoms with van der Waals surface area (Å²) in [5.74, 6) is 1.04. The molecular weight excluding hydrogens is 238 g/mol. The molecule has 94 valence electrons. The van der Waals surface area contributed by atoms with E-state index >= 15 is 0 Å². The first-order chi connectivity index (χ1) is 8.04. The van der Waals surface area contributed by atoms with E-state index in [4.69, 9.17) is 16.3 Å². The van der Waals surface area contributed by atoms with Gasteiger partial charge in [-0.3, -0.25) is 4.79 Å². The number of nitrogens with one attached hydrogen (secondary N) is 1. The Morgan fingerprint density at radius 1 is 1.47 bits per heavy atom. The molecule has 0 saturated heterocycles. The number of Topliss-reactive ketones (excluding diaryl/α,β-unsaturated/α-hetero) is 1. The van der Waals surface area contributed by atoms with Crippen molar-refractivity contribution in [1.82, 2.24) is 5.32 Å². The van der Waals surface area contributed by atoms with Crippen molar-refractivity contribution in [2.75, 3.05) is 13.7 Å². The third kappa shape index (κ3) is 4.36. The minimum Gasteiger partial charge on any atom is -0.496 e. The summed E-state index contributed by atoms with van der Waals surface area (Å²) in [7, 11) is 1.65. The van der Waals surface area contributed by atoms with Gasteiger partial charge in [0.1, 0.15) is 11.5 Å². The first kappa shape index (κ1) is 14.0. The standard InChI is InChI=1S/C13H18ClNO2/c1-9-6-12(14)7-11(13(9)17-3)8-15-5-4-10(2)16/h6-7,15H,4-5,8H2,1-3H3. The number of rotatable bonds is 6. The highest BCUT2D eigenvalue weighted by molar-refractivity contribution is 6.30. The van der Waals surface area contributed by atoms with Crippen molar-refractivity contribution < 1.29 is 9.53 Å². The first-order valence-electron chi connectivity index (χ1n) is 5.57. The number of aryl methyl sites for hydroxylation is 1. The maximum atomic E-state index is 10.8. The number of hydrogen-bond donors (Lipinski definition) is 1. The van der Waals surface area contributed by atoms with Crippen LogP contribution >= 0.6 is 11.6 Å². The number of halogens is 1. The van der Waals surface area contributed by atoms with Gasteiger partial charge in [0.15, 0.2) is 0 Å². The van der Waals surface area contributed by atoms with Crippen LogP contribution in [0.2, 0.25) is 5.02 Å². The van der Waals surface area contributed by atoms with E-state index < -0.39 is 0 Å². The van der Waals surface area contributed by atoms with Crippen LogP contribution in [-0.2, 0) is 11.3 Å². The molecule has 1 aromatic carbocycles. The van der Waals surface area contributed by atoms with Gasteiger partial charge in [0.2, 0.25) is 0 Å². The fourth-order valence-corrected chi connectivity index (χ4v) is 2.01. The molecule has 4 heteroatoms. The van der Waals surface area contributed by atoms with E-state index in [0.29, 0.717) is 24.5 Å². The highest BCUT2D eigenvalue weighted by Crippen LogP contribution is 2.27. The molecule has 1 rings (SSSR count). The van der Waals surface area contributed by atoms with Crippen molar-refractivity contribution in [1.29, 1.82) is 0 Å². The quantitative estimate of drug-likeness (QED) is 0.795. The minimum atomic E-state index is 0.187. The zero-order valence-corrected chi connectivity index (χ0v) is 11.2. The van der Waals surface area contributed by atoms with E-state index in [2.05, 4.69) is 5.32 Å². The third-order valence-corrected chi connectivity index (χ3v) is 2.71. The van der Waals surface area contributed by atoms with E-state index in [1.807, 2.05) is 19.1 Å². The second-order valence-corrected chi connectivity index (χ2v) is 4.48. The van der Waals surface area contributed by atoms with Gasteiger partial charge < -0.3 is 10.1 Å². The predicted molar refractivity (Wildman–Crippen MR) is 69.7 cm³/mol. The molecule has 1 aromatic rings. The van der Waals surface area contributed by atoms with Gasteiger partial charge in [-0.1, -0.05) is 11.6 Å². The Morgan fingerprint density at radius 2 is 2.18 bits per heavy atom. The number of hydrogen-bond acceptors (Lipinski definition) is 3. The van der Waals surface area contributed by atoms with Gasteiger partial charge in [-0.05, 0) is 31.5 Å². The summed E-state index contributed by atoms with van der Waals surface area (Å²) in [4.78, 5) is 10.8. The largest absolute Gasteiger partial charge is 0.496 e. The summed E-state index contributed by atoms with van der Waals surface area (Å²) < 4.78 is 5.34. The van der Waals surface area contributed by atoms with Crippen LogP contribution in [-0.4, -0.2) is 19.4 Å². The third-order valence-electron chi connectivity index (χ3n) is 2.49. The van der Waals surface area contributed by atoms with Crippen LogP contribution < -0.4 is 10.1 Å². The van der Waals surface area contributed by atoms with Gasteiger partial charge in [-0.2, -0.15) is 0 Å². The zero-order chi connectivity index (χ0) is 12.8. The lowest BCUT2D eigenvalue weighted by Gasteiger charge is -2.12. The van der Waals surface area contributed by atoms with Crippen LogP contribution in [0.5, 0.6) is 5.75 Å². The minimum absolute atomic E-state index is 0.187. The SMILES string of the molecule is COc1c(C)cc(Cl)cc1CNCCC(C)=O. The number of carbonyl (C=O) groups excluding carboxylic acids is 1. The van der Waals surface area contributed by atoms with Gasteiger partial charge in [-0.25, -0.2) is 0 Å². The summed E-state index contributed by atoms with van der Waals surface area (Å²) in [5, 5.41) is 3.90. The fourth-order valence-electron chi connectivity index (χ4n) is 1.71. The van der Waals surface area contributed by atoms with E-state index in [9.17, 15) is 4.79 Å². The Morgan fingerprint density at radius 3 is 2.76 bits per heavy atom. The maximum Gasteiger partial charge on any atom is 0.131 e. The van der Waals surface area contributed by atoms with E-state index in [1.54, 1.807) is 14.0 Å². The van der Waals surface area contributed by atoms with Gasteiger partial charge in [-0.15, -0.1) is 0 Å². The molecule has 0 atom stereocenters. The molecule has 17 heavy (non-hydrogen) atoms. The summed E-state index contributed by atoms with van der Waals surface area (Å²) in [6.07, 6.45) is 0.544. The predicted octanol–water partition coefficient (Wildman–Crippen LogP) is 2.73. The molecule has 0 bridgehead atoms.